The van der Waals surface area contributed by atoms with Gasteiger partial charge in [0.1, 0.15) is 0 Å². The molecule has 0 bridgehead atoms. The van der Waals surface area contributed by atoms with Crippen molar-refractivity contribution in [3.63, 3.8) is 0 Å². The molecule has 0 radical (unpaired) electrons. The van der Waals surface area contributed by atoms with Crippen LogP contribution in [-0.4, -0.2) is 11.1 Å². The van der Waals surface area contributed by atoms with E-state index in [2.05, 4.69) is 0 Å². The van der Waals surface area contributed by atoms with Gasteiger partial charge in [0.05, 0.1) is 16.5 Å². The van der Waals surface area contributed by atoms with Crippen LogP contribution in [-0.2, 0) is 5.41 Å². The lowest BCUT2D eigenvalue weighted by Crippen LogP contribution is -2.34. The molecule has 142 valence electrons. The first-order chi connectivity index (χ1) is 12.6. The van der Waals surface area contributed by atoms with Crippen LogP contribution in [0, 0.1) is 29.2 Å². The van der Waals surface area contributed by atoms with Crippen LogP contribution in [0.5, 0.6) is 0 Å². The van der Waals surface area contributed by atoms with Crippen LogP contribution >= 0.6 is 0 Å². The van der Waals surface area contributed by atoms with Gasteiger partial charge in [0.25, 0.3) is 0 Å². The number of carboxylic acids is 1. The molecule has 1 N–H and O–H groups in total. The van der Waals surface area contributed by atoms with E-state index in [-0.39, 0.29) is 11.1 Å². The fourth-order valence-corrected chi connectivity index (χ4v) is 3.62. The van der Waals surface area contributed by atoms with Gasteiger partial charge in [-0.1, -0.05) is 26.0 Å². The maximum absolute atomic E-state index is 15.1. The summed E-state index contributed by atoms with van der Waals surface area (Å²) in [5.74, 6) is -14.0. The summed E-state index contributed by atoms with van der Waals surface area (Å²) in [6, 6.07) is 4.34. The highest BCUT2D eigenvalue weighted by atomic mass is 19.2. The molecule has 1 atom stereocenters. The van der Waals surface area contributed by atoms with Gasteiger partial charge in [0, 0.05) is 5.56 Å². The number of allylic oxidation sites excluding steroid dienone is 1. The molecule has 0 aromatic heterocycles. The molecule has 0 amide bonds. The quantitative estimate of drug-likeness (QED) is 0.429. The third-order valence-corrected chi connectivity index (χ3v) is 4.87. The van der Waals surface area contributed by atoms with Crippen molar-refractivity contribution < 1.29 is 36.2 Å². The lowest BCUT2D eigenvalue weighted by Gasteiger charge is -2.35. The molecule has 1 aliphatic rings. The van der Waals surface area contributed by atoms with Crippen LogP contribution in [0.2, 0.25) is 0 Å². The number of hydrogen-bond donors (Lipinski definition) is 1. The molecule has 0 heterocycles. The summed E-state index contributed by atoms with van der Waals surface area (Å²) in [4.78, 5) is 11.0. The van der Waals surface area contributed by atoms with Crippen molar-refractivity contribution in [3.05, 3.63) is 75.6 Å². The van der Waals surface area contributed by atoms with Crippen LogP contribution in [0.1, 0.15) is 40.9 Å². The average Bonchev–Trinajstić information content (AvgIpc) is 2.87. The lowest BCUT2D eigenvalue weighted by molar-refractivity contribution is 0.0697. The van der Waals surface area contributed by atoms with E-state index in [4.69, 9.17) is 5.11 Å². The van der Waals surface area contributed by atoms with Gasteiger partial charge in [-0.3, -0.25) is 0 Å². The zero-order valence-electron chi connectivity index (χ0n) is 14.0. The third-order valence-electron chi connectivity index (χ3n) is 4.87. The normalized spacial score (nSPS) is 19.0. The number of carbonyl (C=O) groups is 1. The van der Waals surface area contributed by atoms with Gasteiger partial charge in [-0.15, -0.1) is 0 Å². The SMILES string of the molecule is CC(C)C1(c2ccc(C(=O)O)cc2)C(F)=C(F)c2c(F)c(F)c(F)c(F)c21. The van der Waals surface area contributed by atoms with Crippen molar-refractivity contribution in [2.75, 3.05) is 0 Å². The van der Waals surface area contributed by atoms with Crippen LogP contribution in [0.25, 0.3) is 5.83 Å². The van der Waals surface area contributed by atoms with Gasteiger partial charge in [0.2, 0.25) is 0 Å². The fraction of sp³-hybridized carbons (Fsp3) is 0.211. The predicted molar refractivity (Wildman–Crippen MR) is 84.4 cm³/mol. The highest BCUT2D eigenvalue weighted by Crippen LogP contribution is 2.57. The highest BCUT2D eigenvalue weighted by Gasteiger charge is 2.54. The number of hydrogen-bond acceptors (Lipinski definition) is 1. The number of halogens is 6. The maximum atomic E-state index is 15.1. The Balaban J connectivity index is 2.45. The Kier molecular flexibility index (Phi) is 4.32. The van der Waals surface area contributed by atoms with Crippen LogP contribution in [0.15, 0.2) is 30.1 Å². The van der Waals surface area contributed by atoms with Crippen molar-refractivity contribution >= 4 is 11.8 Å². The Bertz CT molecular complexity index is 994. The van der Waals surface area contributed by atoms with E-state index >= 15 is 4.39 Å². The number of aromatic carboxylic acids is 1. The van der Waals surface area contributed by atoms with E-state index < -0.39 is 63.4 Å². The third kappa shape index (κ3) is 2.32. The highest BCUT2D eigenvalue weighted by molar-refractivity contribution is 5.88. The first-order valence-corrected chi connectivity index (χ1v) is 7.83. The van der Waals surface area contributed by atoms with Crippen LogP contribution < -0.4 is 0 Å². The molecular formula is C19H12F6O2. The molecule has 0 spiro atoms. The maximum Gasteiger partial charge on any atom is 0.335 e. The minimum atomic E-state index is -2.28. The Labute approximate surface area is 149 Å². The second-order valence-electron chi connectivity index (χ2n) is 6.48. The molecule has 2 nitrogen and oxygen atoms in total. The van der Waals surface area contributed by atoms with Crippen LogP contribution in [0.3, 0.4) is 0 Å². The van der Waals surface area contributed by atoms with Crippen molar-refractivity contribution in [1.29, 1.82) is 0 Å². The minimum absolute atomic E-state index is 0.127. The molecule has 0 saturated heterocycles. The summed E-state index contributed by atoms with van der Waals surface area (Å²) < 4.78 is 85.8. The monoisotopic (exact) mass is 386 g/mol. The average molecular weight is 386 g/mol. The smallest absolute Gasteiger partial charge is 0.335 e. The summed E-state index contributed by atoms with van der Waals surface area (Å²) in [6.07, 6.45) is 0. The van der Waals surface area contributed by atoms with Crippen molar-refractivity contribution in [3.8, 4) is 0 Å². The number of carboxylic acid groups (broad SMARTS) is 1. The van der Waals surface area contributed by atoms with Gasteiger partial charge in [-0.2, -0.15) is 0 Å². The predicted octanol–water partition coefficient (Wildman–Crippen LogP) is 5.50. The summed E-state index contributed by atoms with van der Waals surface area (Å²) in [7, 11) is 0. The van der Waals surface area contributed by atoms with Gasteiger partial charge >= 0.3 is 5.97 Å². The number of rotatable bonds is 3. The van der Waals surface area contributed by atoms with E-state index in [1.165, 1.54) is 13.8 Å². The van der Waals surface area contributed by atoms with Crippen molar-refractivity contribution in [2.45, 2.75) is 19.3 Å². The summed E-state index contributed by atoms with van der Waals surface area (Å²) in [5.41, 5.74) is -4.89. The zero-order valence-corrected chi connectivity index (χ0v) is 14.0. The fourth-order valence-electron chi connectivity index (χ4n) is 3.62. The van der Waals surface area contributed by atoms with E-state index in [1.807, 2.05) is 0 Å². The second kappa shape index (κ2) is 6.14. The van der Waals surface area contributed by atoms with Crippen molar-refractivity contribution in [1.82, 2.24) is 0 Å². The second-order valence-corrected chi connectivity index (χ2v) is 6.48. The molecule has 0 aliphatic heterocycles. The Hall–Kier alpha value is -2.77. The van der Waals surface area contributed by atoms with E-state index in [0.717, 1.165) is 24.3 Å². The van der Waals surface area contributed by atoms with Gasteiger partial charge in [-0.05, 0) is 23.6 Å². The molecule has 2 aromatic carbocycles. The lowest BCUT2D eigenvalue weighted by atomic mass is 9.67. The molecule has 1 aliphatic carbocycles. The number of benzene rings is 2. The Morgan fingerprint density at radius 3 is 1.89 bits per heavy atom. The molecule has 3 rings (SSSR count). The number of fused-ring (bicyclic) bond motifs is 1. The van der Waals surface area contributed by atoms with E-state index in [9.17, 15) is 26.7 Å². The summed E-state index contributed by atoms with van der Waals surface area (Å²) in [5, 5.41) is 8.97. The molecule has 0 saturated carbocycles. The molecular weight excluding hydrogens is 374 g/mol. The molecule has 27 heavy (non-hydrogen) atoms. The molecule has 0 fully saturated rings. The first-order valence-electron chi connectivity index (χ1n) is 7.83. The standard InChI is InChI=1S/C19H12F6O2/c1-7(2)19(9-5-3-8(4-6-9)18(26)27)11-10(13(21)17(19)25)12(20)15(23)16(24)14(11)22/h3-7H,1-2H3,(H,26,27). The van der Waals surface area contributed by atoms with Gasteiger partial charge in [0.15, 0.2) is 34.9 Å². The first kappa shape index (κ1) is 19.0. The largest absolute Gasteiger partial charge is 0.478 e. The van der Waals surface area contributed by atoms with Gasteiger partial charge in [-0.25, -0.2) is 31.1 Å². The molecule has 8 heteroatoms. The van der Waals surface area contributed by atoms with E-state index in [0.29, 0.717) is 0 Å². The van der Waals surface area contributed by atoms with Crippen molar-refractivity contribution in [2.24, 2.45) is 5.92 Å². The van der Waals surface area contributed by atoms with Gasteiger partial charge < -0.3 is 5.11 Å². The topological polar surface area (TPSA) is 37.3 Å². The Morgan fingerprint density at radius 1 is 0.889 bits per heavy atom. The minimum Gasteiger partial charge on any atom is -0.478 e. The van der Waals surface area contributed by atoms with E-state index in [1.54, 1.807) is 0 Å². The molecule has 1 unspecified atom stereocenters. The summed E-state index contributed by atoms with van der Waals surface area (Å²) >= 11 is 0. The summed E-state index contributed by atoms with van der Waals surface area (Å²) in [6.45, 7) is 2.73. The van der Waals surface area contributed by atoms with Crippen LogP contribution in [0.4, 0.5) is 26.3 Å². The zero-order chi connectivity index (χ0) is 20.3. The molecule has 2 aromatic rings. The Morgan fingerprint density at radius 2 is 1.41 bits per heavy atom.